The fraction of sp³-hybridized carbons (Fsp3) is 1.00. The molecule has 0 aromatic heterocycles. The molecule has 2 saturated heterocycles. The van der Waals surface area contributed by atoms with Crippen molar-refractivity contribution >= 4 is 0 Å². The van der Waals surface area contributed by atoms with Crippen LogP contribution in [0.25, 0.3) is 0 Å². The Kier molecular flexibility index (Phi) is 5.46. The quantitative estimate of drug-likeness (QED) is 0.806. The molecule has 3 nitrogen and oxygen atoms in total. The summed E-state index contributed by atoms with van der Waals surface area (Å²) in [6.45, 7) is 11.0. The van der Waals surface area contributed by atoms with Crippen LogP contribution in [0.15, 0.2) is 0 Å². The summed E-state index contributed by atoms with van der Waals surface area (Å²) in [7, 11) is 2.25. The maximum Gasteiger partial charge on any atom is 0.0195 e. The third-order valence-corrected chi connectivity index (χ3v) is 4.42. The summed E-state index contributed by atoms with van der Waals surface area (Å²) in [5.74, 6) is 0.783. The van der Waals surface area contributed by atoms with E-state index in [1.165, 1.54) is 58.4 Å². The number of piperidine rings is 1. The summed E-state index contributed by atoms with van der Waals surface area (Å²) in [5.41, 5.74) is 0. The Morgan fingerprint density at radius 1 is 1.22 bits per heavy atom. The standard InChI is InChI=1S/C15H31N3/c1-13(2)11-18(12-14-5-4-8-16-14)15-6-9-17(3)10-7-15/h13-16H,4-12H2,1-3H3. The van der Waals surface area contributed by atoms with E-state index in [1.54, 1.807) is 0 Å². The van der Waals surface area contributed by atoms with Gasteiger partial charge in [0, 0.05) is 25.2 Å². The molecule has 0 aliphatic carbocycles. The minimum absolute atomic E-state index is 0.753. The van der Waals surface area contributed by atoms with Crippen LogP contribution in [0.4, 0.5) is 0 Å². The van der Waals surface area contributed by atoms with Crippen molar-refractivity contribution in [2.24, 2.45) is 5.92 Å². The monoisotopic (exact) mass is 253 g/mol. The number of nitrogens with zero attached hydrogens (tertiary/aromatic N) is 2. The van der Waals surface area contributed by atoms with E-state index >= 15 is 0 Å². The molecule has 18 heavy (non-hydrogen) atoms. The number of likely N-dealkylation sites (tertiary alicyclic amines) is 1. The topological polar surface area (TPSA) is 18.5 Å². The lowest BCUT2D eigenvalue weighted by Gasteiger charge is -2.39. The fourth-order valence-corrected chi connectivity index (χ4v) is 3.40. The first kappa shape index (κ1) is 14.3. The zero-order valence-electron chi connectivity index (χ0n) is 12.5. The molecule has 0 spiro atoms. The highest BCUT2D eigenvalue weighted by atomic mass is 15.2. The van der Waals surface area contributed by atoms with E-state index in [0.29, 0.717) is 0 Å². The van der Waals surface area contributed by atoms with Crippen LogP contribution in [0.5, 0.6) is 0 Å². The highest BCUT2D eigenvalue weighted by Gasteiger charge is 2.26. The molecule has 2 aliphatic rings. The van der Waals surface area contributed by atoms with Crippen LogP contribution in [-0.4, -0.2) is 61.7 Å². The summed E-state index contributed by atoms with van der Waals surface area (Å²) in [6.07, 6.45) is 5.46. The highest BCUT2D eigenvalue weighted by Crippen LogP contribution is 2.19. The van der Waals surface area contributed by atoms with Crippen LogP contribution in [0.1, 0.15) is 39.5 Å². The lowest BCUT2D eigenvalue weighted by atomic mass is 10.0. The van der Waals surface area contributed by atoms with Gasteiger partial charge in [0.2, 0.25) is 0 Å². The minimum atomic E-state index is 0.753. The Labute approximate surface area is 113 Å². The second-order valence-electron chi connectivity index (χ2n) is 6.68. The number of nitrogens with one attached hydrogen (secondary N) is 1. The van der Waals surface area contributed by atoms with E-state index in [-0.39, 0.29) is 0 Å². The second kappa shape index (κ2) is 6.88. The van der Waals surface area contributed by atoms with E-state index in [9.17, 15) is 0 Å². The molecule has 2 aliphatic heterocycles. The largest absolute Gasteiger partial charge is 0.313 e. The minimum Gasteiger partial charge on any atom is -0.313 e. The Morgan fingerprint density at radius 3 is 2.50 bits per heavy atom. The van der Waals surface area contributed by atoms with Gasteiger partial charge in [-0.2, -0.15) is 0 Å². The lowest BCUT2D eigenvalue weighted by molar-refractivity contribution is 0.101. The third-order valence-electron chi connectivity index (χ3n) is 4.42. The van der Waals surface area contributed by atoms with Gasteiger partial charge in [0.1, 0.15) is 0 Å². The Morgan fingerprint density at radius 2 is 1.94 bits per heavy atom. The fourth-order valence-electron chi connectivity index (χ4n) is 3.40. The van der Waals surface area contributed by atoms with Crippen molar-refractivity contribution in [3.63, 3.8) is 0 Å². The number of rotatable bonds is 5. The molecular weight excluding hydrogens is 222 g/mol. The van der Waals surface area contributed by atoms with E-state index in [2.05, 4.69) is 36.0 Å². The van der Waals surface area contributed by atoms with Gasteiger partial charge in [0.15, 0.2) is 0 Å². The molecule has 1 N–H and O–H groups in total. The van der Waals surface area contributed by atoms with Crippen molar-refractivity contribution in [2.75, 3.05) is 39.8 Å². The van der Waals surface area contributed by atoms with Gasteiger partial charge in [-0.25, -0.2) is 0 Å². The molecule has 1 atom stereocenters. The molecule has 2 rings (SSSR count). The van der Waals surface area contributed by atoms with Gasteiger partial charge in [-0.1, -0.05) is 13.8 Å². The van der Waals surface area contributed by atoms with Gasteiger partial charge >= 0.3 is 0 Å². The van der Waals surface area contributed by atoms with Crippen LogP contribution in [0.3, 0.4) is 0 Å². The second-order valence-corrected chi connectivity index (χ2v) is 6.68. The van der Waals surface area contributed by atoms with Crippen molar-refractivity contribution in [1.82, 2.24) is 15.1 Å². The van der Waals surface area contributed by atoms with Gasteiger partial charge in [0.05, 0.1) is 0 Å². The van der Waals surface area contributed by atoms with E-state index < -0.39 is 0 Å². The third kappa shape index (κ3) is 4.22. The molecule has 106 valence electrons. The molecule has 2 fully saturated rings. The first-order chi connectivity index (χ1) is 8.65. The predicted molar refractivity (Wildman–Crippen MR) is 78.0 cm³/mol. The van der Waals surface area contributed by atoms with Crippen LogP contribution in [0.2, 0.25) is 0 Å². The molecule has 2 heterocycles. The van der Waals surface area contributed by atoms with Crippen LogP contribution in [-0.2, 0) is 0 Å². The molecule has 0 aromatic carbocycles. The first-order valence-corrected chi connectivity index (χ1v) is 7.81. The van der Waals surface area contributed by atoms with Crippen molar-refractivity contribution in [3.8, 4) is 0 Å². The van der Waals surface area contributed by atoms with E-state index in [1.807, 2.05) is 0 Å². The predicted octanol–water partition coefficient (Wildman–Crippen LogP) is 1.79. The number of hydrogen-bond acceptors (Lipinski definition) is 3. The maximum atomic E-state index is 3.66. The summed E-state index contributed by atoms with van der Waals surface area (Å²) >= 11 is 0. The molecule has 0 amide bonds. The average Bonchev–Trinajstić information content (AvgIpc) is 2.81. The Bertz CT molecular complexity index is 228. The Balaban J connectivity index is 1.86. The van der Waals surface area contributed by atoms with Crippen molar-refractivity contribution < 1.29 is 0 Å². The van der Waals surface area contributed by atoms with Gasteiger partial charge in [-0.15, -0.1) is 0 Å². The number of hydrogen-bond donors (Lipinski definition) is 1. The van der Waals surface area contributed by atoms with Crippen LogP contribution in [0, 0.1) is 5.92 Å². The maximum absolute atomic E-state index is 3.66. The first-order valence-electron chi connectivity index (χ1n) is 7.81. The smallest absolute Gasteiger partial charge is 0.0195 e. The molecule has 0 aromatic rings. The van der Waals surface area contributed by atoms with Crippen molar-refractivity contribution in [1.29, 1.82) is 0 Å². The summed E-state index contributed by atoms with van der Waals surface area (Å²) in [4.78, 5) is 5.25. The molecule has 0 saturated carbocycles. The van der Waals surface area contributed by atoms with Crippen LogP contribution >= 0.6 is 0 Å². The zero-order valence-corrected chi connectivity index (χ0v) is 12.5. The highest BCUT2D eigenvalue weighted by molar-refractivity contribution is 4.84. The summed E-state index contributed by atoms with van der Waals surface area (Å²) < 4.78 is 0. The molecule has 3 heteroatoms. The normalized spacial score (nSPS) is 27.5. The molecule has 0 radical (unpaired) electrons. The van der Waals surface area contributed by atoms with Crippen molar-refractivity contribution in [2.45, 2.75) is 51.6 Å². The molecular formula is C15H31N3. The SMILES string of the molecule is CC(C)CN(CC1CCCN1)C1CCN(C)CC1. The lowest BCUT2D eigenvalue weighted by Crippen LogP contribution is -2.49. The molecule has 0 bridgehead atoms. The van der Waals surface area contributed by atoms with Crippen LogP contribution < -0.4 is 5.32 Å². The van der Waals surface area contributed by atoms with E-state index in [4.69, 9.17) is 0 Å². The summed E-state index contributed by atoms with van der Waals surface area (Å²) in [5, 5.41) is 3.66. The van der Waals surface area contributed by atoms with Gasteiger partial charge in [-0.05, 0) is 58.3 Å². The van der Waals surface area contributed by atoms with E-state index in [0.717, 1.165) is 18.0 Å². The summed E-state index contributed by atoms with van der Waals surface area (Å²) in [6, 6.07) is 1.58. The van der Waals surface area contributed by atoms with Gasteiger partial charge in [0.25, 0.3) is 0 Å². The zero-order chi connectivity index (χ0) is 13.0. The molecule has 1 unspecified atom stereocenters. The Hall–Kier alpha value is -0.120. The average molecular weight is 253 g/mol. The van der Waals surface area contributed by atoms with Gasteiger partial charge in [-0.3, -0.25) is 4.90 Å². The van der Waals surface area contributed by atoms with Crippen molar-refractivity contribution in [3.05, 3.63) is 0 Å². The van der Waals surface area contributed by atoms with Gasteiger partial charge < -0.3 is 10.2 Å².